The van der Waals surface area contributed by atoms with Crippen LogP contribution in [0, 0.1) is 11.8 Å². The summed E-state index contributed by atoms with van der Waals surface area (Å²) in [4.78, 5) is 44.3. The van der Waals surface area contributed by atoms with Gasteiger partial charge in [0.2, 0.25) is 5.78 Å². The smallest absolute Gasteiger partial charge is 0.405 e. The number of ether oxygens (including phenoxy) is 4. The molecule has 0 fully saturated rings. The van der Waals surface area contributed by atoms with Gasteiger partial charge < -0.3 is 39.9 Å². The lowest BCUT2D eigenvalue weighted by atomic mass is 9.85. The molecule has 0 unspecified atom stereocenters. The summed E-state index contributed by atoms with van der Waals surface area (Å²) in [6.07, 6.45) is 6.17. The monoisotopic (exact) mass is 643 g/mol. The van der Waals surface area contributed by atoms with Crippen LogP contribution in [0.1, 0.15) is 54.4 Å². The number of allylic oxidation sites excluding steroid dienone is 5. The van der Waals surface area contributed by atoms with Crippen molar-refractivity contribution >= 4 is 23.5 Å². The van der Waals surface area contributed by atoms with Gasteiger partial charge in [-0.1, -0.05) is 48.9 Å². The van der Waals surface area contributed by atoms with E-state index in [1.165, 1.54) is 33.5 Å². The van der Waals surface area contributed by atoms with Crippen LogP contribution in [-0.2, 0) is 33.4 Å². The lowest BCUT2D eigenvalue weighted by Gasteiger charge is -2.30. The highest BCUT2D eigenvalue weighted by molar-refractivity contribution is 6.24. The van der Waals surface area contributed by atoms with Gasteiger partial charge in [0, 0.05) is 31.3 Å². The number of rotatable bonds is 7. The number of Topliss-reactive ketones (excluding diaryl/α,β-unsaturated/α-hetero) is 1. The number of primary amides is 1. The second kappa shape index (κ2) is 18.2. The summed E-state index contributed by atoms with van der Waals surface area (Å²) in [5.74, 6) is -1.32. The molecule has 0 aromatic carbocycles. The molecule has 4 N–H and O–H groups in total. The van der Waals surface area contributed by atoms with E-state index in [1.54, 1.807) is 32.1 Å². The number of hydrogen-bond donors (Lipinski definition) is 3. The second-order valence-electron chi connectivity index (χ2n) is 11.8. The van der Waals surface area contributed by atoms with Crippen LogP contribution in [0.15, 0.2) is 75.4 Å². The maximum Gasteiger partial charge on any atom is 0.405 e. The molecule has 12 nitrogen and oxygen atoms in total. The fourth-order valence-corrected chi connectivity index (χ4v) is 5.18. The summed E-state index contributed by atoms with van der Waals surface area (Å²) in [6, 6.07) is 0. The molecule has 0 saturated carbocycles. The third-order valence-electron chi connectivity index (χ3n) is 7.69. The molecule has 2 bridgehead atoms. The van der Waals surface area contributed by atoms with Crippen LogP contribution < -0.4 is 11.1 Å². The van der Waals surface area contributed by atoms with Crippen molar-refractivity contribution in [3.8, 4) is 0 Å². The summed E-state index contributed by atoms with van der Waals surface area (Å²) in [5.41, 5.74) is 7.86. The first-order chi connectivity index (χ1) is 21.7. The normalized spacial score (nSPS) is 30.7. The van der Waals surface area contributed by atoms with Crippen molar-refractivity contribution in [2.75, 3.05) is 27.9 Å². The molecule has 254 valence electrons. The number of hydrogen-bond acceptors (Lipinski definition) is 10. The number of amides is 2. The van der Waals surface area contributed by atoms with E-state index in [-0.39, 0.29) is 41.7 Å². The first-order valence-corrected chi connectivity index (χ1v) is 15.2. The molecule has 2 amide bonds. The standard InChI is InChI=1S/C34H49N3O9/c1-19(2)13-14-45-37-26-18-25-30(39)24(32(26)44-9)15-20(3)16-28(43-8)29(38)22(5)17-23(6)31(46-34(35)41)27(42-7)12-10-11-21(4)33(40)36-25/h10-13,17-18,20,22,27-29,31,38H,14-16H2,1-9H3,(H2,35,41)(H,36,40)/b12-10-,21-11+,23-17+,37-26-/t20-,22+,27+,28+,29-,31+/m1/s1. The van der Waals surface area contributed by atoms with Crippen molar-refractivity contribution < 1.29 is 43.3 Å². The Bertz CT molecular complexity index is 1330. The Morgan fingerprint density at radius 1 is 1.15 bits per heavy atom. The van der Waals surface area contributed by atoms with E-state index in [0.29, 0.717) is 17.6 Å². The van der Waals surface area contributed by atoms with Crippen molar-refractivity contribution in [2.45, 2.75) is 78.8 Å². The largest absolute Gasteiger partial charge is 0.494 e. The molecule has 0 spiro atoms. The fraction of sp³-hybridized carbons (Fsp3) is 0.529. The molecule has 1 heterocycles. The van der Waals surface area contributed by atoms with Crippen LogP contribution in [0.25, 0.3) is 0 Å². The zero-order chi connectivity index (χ0) is 34.6. The van der Waals surface area contributed by atoms with Gasteiger partial charge >= 0.3 is 6.09 Å². The van der Waals surface area contributed by atoms with E-state index in [1.807, 2.05) is 33.8 Å². The van der Waals surface area contributed by atoms with Gasteiger partial charge in [0.25, 0.3) is 5.91 Å². The Morgan fingerprint density at radius 2 is 1.85 bits per heavy atom. The predicted molar refractivity (Wildman–Crippen MR) is 174 cm³/mol. The van der Waals surface area contributed by atoms with E-state index in [0.717, 1.165) is 5.57 Å². The lowest BCUT2D eigenvalue weighted by Crippen LogP contribution is -2.37. The third-order valence-corrected chi connectivity index (χ3v) is 7.69. The molecule has 0 radical (unpaired) electrons. The maximum absolute atomic E-state index is 13.8. The highest BCUT2D eigenvalue weighted by atomic mass is 16.6. The van der Waals surface area contributed by atoms with Crippen LogP contribution in [0.5, 0.6) is 0 Å². The molecule has 12 heteroatoms. The van der Waals surface area contributed by atoms with Crippen LogP contribution in [0.2, 0.25) is 0 Å². The average molecular weight is 644 g/mol. The van der Waals surface area contributed by atoms with E-state index < -0.39 is 48.1 Å². The van der Waals surface area contributed by atoms with Crippen LogP contribution in [-0.4, -0.2) is 81.0 Å². The highest BCUT2D eigenvalue weighted by Crippen LogP contribution is 2.30. The SMILES string of the molecule is COC1=C2C[C@@H](C)C[C@H](OC)[C@H](O)[C@@H](C)/C=C(\C)[C@H](OC(N)=O)[C@@H](OC)/C=C\C=C(/C)C(=O)NC(=C/C1=N/OCC=C(C)C)C2=O. The number of ketones is 1. The number of fused-ring (bicyclic) bond motifs is 2. The van der Waals surface area contributed by atoms with Crippen molar-refractivity contribution in [2.24, 2.45) is 22.7 Å². The molecule has 0 aromatic rings. The number of aliphatic hydroxyl groups excluding tert-OH is 1. The quantitative estimate of drug-likeness (QED) is 0.160. The molecular weight excluding hydrogens is 594 g/mol. The van der Waals surface area contributed by atoms with E-state index in [4.69, 9.17) is 29.5 Å². The predicted octanol–water partition coefficient (Wildman–Crippen LogP) is 4.18. The van der Waals surface area contributed by atoms with Gasteiger partial charge in [0.05, 0.1) is 25.0 Å². The summed E-state index contributed by atoms with van der Waals surface area (Å²) in [7, 11) is 4.40. The van der Waals surface area contributed by atoms with Crippen LogP contribution >= 0.6 is 0 Å². The van der Waals surface area contributed by atoms with E-state index >= 15 is 0 Å². The van der Waals surface area contributed by atoms with Gasteiger partial charge in [0.15, 0.2) is 11.9 Å². The molecular formula is C34H49N3O9. The first-order valence-electron chi connectivity index (χ1n) is 15.2. The number of nitrogens with one attached hydrogen (secondary N) is 1. The van der Waals surface area contributed by atoms with Gasteiger partial charge in [-0.05, 0) is 64.2 Å². The number of oxime groups is 1. The van der Waals surface area contributed by atoms with Crippen molar-refractivity contribution in [1.82, 2.24) is 5.32 Å². The van der Waals surface area contributed by atoms with Gasteiger partial charge in [-0.3, -0.25) is 9.59 Å². The maximum atomic E-state index is 13.8. The molecule has 46 heavy (non-hydrogen) atoms. The van der Waals surface area contributed by atoms with E-state index in [9.17, 15) is 19.5 Å². The molecule has 2 rings (SSSR count). The summed E-state index contributed by atoms with van der Waals surface area (Å²) in [5, 5.41) is 18.2. The fourth-order valence-electron chi connectivity index (χ4n) is 5.18. The average Bonchev–Trinajstić information content (AvgIpc) is 3.00. The minimum atomic E-state index is -0.992. The Kier molecular flexibility index (Phi) is 15.1. The van der Waals surface area contributed by atoms with Gasteiger partial charge in [-0.2, -0.15) is 0 Å². The Balaban J connectivity index is 2.67. The van der Waals surface area contributed by atoms with Crippen LogP contribution in [0.4, 0.5) is 4.79 Å². The molecule has 0 aromatic heterocycles. The zero-order valence-corrected chi connectivity index (χ0v) is 28.3. The molecule has 0 saturated heterocycles. The lowest BCUT2D eigenvalue weighted by molar-refractivity contribution is -0.119. The van der Waals surface area contributed by atoms with Crippen LogP contribution in [0.3, 0.4) is 0 Å². The molecule has 1 aliphatic heterocycles. The number of carbonyl (C=O) groups excluding carboxylic acids is 3. The number of methoxy groups -OCH3 is 3. The highest BCUT2D eigenvalue weighted by Gasteiger charge is 2.33. The minimum absolute atomic E-state index is 0.00803. The van der Waals surface area contributed by atoms with Crippen molar-refractivity contribution in [3.63, 3.8) is 0 Å². The van der Waals surface area contributed by atoms with Crippen molar-refractivity contribution in [1.29, 1.82) is 0 Å². The molecule has 2 aliphatic rings. The topological polar surface area (TPSA) is 168 Å². The van der Waals surface area contributed by atoms with Gasteiger partial charge in [-0.25, -0.2) is 4.79 Å². The zero-order valence-electron chi connectivity index (χ0n) is 28.3. The Labute approximate surface area is 271 Å². The summed E-state index contributed by atoms with van der Waals surface area (Å²) >= 11 is 0. The summed E-state index contributed by atoms with van der Waals surface area (Å²) in [6.45, 7) is 11.2. The number of nitrogens with two attached hydrogens (primary N) is 1. The Hall–Kier alpha value is -4.00. The summed E-state index contributed by atoms with van der Waals surface area (Å²) < 4.78 is 22.4. The third kappa shape index (κ3) is 10.8. The molecule has 1 aliphatic carbocycles. The van der Waals surface area contributed by atoms with E-state index in [2.05, 4.69) is 10.5 Å². The van der Waals surface area contributed by atoms with Gasteiger partial charge in [-0.15, -0.1) is 0 Å². The second-order valence-corrected chi connectivity index (χ2v) is 11.8. The van der Waals surface area contributed by atoms with Crippen molar-refractivity contribution in [3.05, 3.63) is 70.2 Å². The first kappa shape index (κ1) is 38.2. The molecule has 6 atom stereocenters. The number of nitrogens with zero attached hydrogens (tertiary/aromatic N) is 1. The number of carbonyl (C=O) groups is 3. The Morgan fingerprint density at radius 3 is 2.43 bits per heavy atom. The number of aliphatic hydroxyl groups is 1. The van der Waals surface area contributed by atoms with Gasteiger partial charge in [0.1, 0.15) is 18.4 Å². The minimum Gasteiger partial charge on any atom is -0.494 e.